The van der Waals surface area contributed by atoms with Gasteiger partial charge < -0.3 is 16.7 Å². The van der Waals surface area contributed by atoms with Crippen molar-refractivity contribution in [3.8, 4) is 11.3 Å². The van der Waals surface area contributed by atoms with Gasteiger partial charge in [0.2, 0.25) is 0 Å². The molecule has 0 saturated heterocycles. The van der Waals surface area contributed by atoms with Gasteiger partial charge >= 0.3 is 51.4 Å². The molecule has 82 valence electrons. The van der Waals surface area contributed by atoms with E-state index in [2.05, 4.69) is 17.4 Å². The van der Waals surface area contributed by atoms with Crippen LogP contribution in [0.4, 0.5) is 0 Å². The molecular formula is C13H10ClKNS-. The third-order valence-electron chi connectivity index (χ3n) is 2.28. The van der Waals surface area contributed by atoms with Crippen LogP contribution in [0.15, 0.2) is 35.2 Å². The van der Waals surface area contributed by atoms with Crippen molar-refractivity contribution in [3.63, 3.8) is 0 Å². The minimum atomic E-state index is 0. The molecule has 0 aliphatic heterocycles. The van der Waals surface area contributed by atoms with Gasteiger partial charge in [-0.2, -0.15) is 6.07 Å². The van der Waals surface area contributed by atoms with Crippen LogP contribution in [0.3, 0.4) is 0 Å². The molecule has 0 radical (unpaired) electrons. The summed E-state index contributed by atoms with van der Waals surface area (Å²) in [6.45, 7) is 2.01. The van der Waals surface area contributed by atoms with Crippen molar-refractivity contribution in [2.75, 3.05) is 0 Å². The number of hydrogen-bond donors (Lipinski definition) is 0. The Morgan fingerprint density at radius 1 is 1.35 bits per heavy atom. The molecule has 1 aromatic carbocycles. The minimum Gasteiger partial charge on any atom is -0.385 e. The third kappa shape index (κ3) is 3.80. The molecule has 0 aliphatic carbocycles. The van der Waals surface area contributed by atoms with Gasteiger partial charge in [0.25, 0.3) is 0 Å². The summed E-state index contributed by atoms with van der Waals surface area (Å²) < 4.78 is 0. The van der Waals surface area contributed by atoms with Gasteiger partial charge in [0, 0.05) is 5.02 Å². The van der Waals surface area contributed by atoms with Crippen molar-refractivity contribution in [1.82, 2.24) is 4.98 Å². The van der Waals surface area contributed by atoms with Crippen LogP contribution in [0, 0.1) is 19.4 Å². The molecule has 1 nitrogen and oxygen atoms in total. The van der Waals surface area contributed by atoms with E-state index in [1.54, 1.807) is 0 Å². The van der Waals surface area contributed by atoms with Gasteiger partial charge in [0.1, 0.15) is 0 Å². The molecular weight excluding hydrogens is 277 g/mol. The average Bonchev–Trinajstić information content (AvgIpc) is 2.30. The number of benzene rings is 1. The van der Waals surface area contributed by atoms with Crippen molar-refractivity contribution >= 4 is 23.4 Å². The van der Waals surface area contributed by atoms with Crippen molar-refractivity contribution in [1.29, 1.82) is 0 Å². The van der Waals surface area contributed by atoms with Crippen LogP contribution in [-0.2, 0) is 0 Å². The molecule has 0 aliphatic rings. The summed E-state index contributed by atoms with van der Waals surface area (Å²) in [5.41, 5.74) is 2.90. The zero-order valence-electron chi connectivity index (χ0n) is 9.83. The van der Waals surface area contributed by atoms with E-state index in [0.29, 0.717) is 5.02 Å². The third-order valence-corrected chi connectivity index (χ3v) is 3.13. The molecule has 0 amide bonds. The number of aromatic nitrogens is 1. The molecule has 1 aromatic heterocycles. The molecule has 2 aromatic rings. The number of halogens is 1. The first kappa shape index (κ1) is 15.7. The van der Waals surface area contributed by atoms with E-state index in [4.69, 9.17) is 11.6 Å². The van der Waals surface area contributed by atoms with Crippen molar-refractivity contribution < 1.29 is 51.4 Å². The van der Waals surface area contributed by atoms with Gasteiger partial charge in [-0.25, -0.2) is 0 Å². The van der Waals surface area contributed by atoms with E-state index in [1.165, 1.54) is 11.8 Å². The van der Waals surface area contributed by atoms with Gasteiger partial charge in [0.15, 0.2) is 0 Å². The molecule has 4 heteroatoms. The normalized spacial score (nSPS) is 9.82. The maximum absolute atomic E-state index is 6.13. The Morgan fingerprint density at radius 2 is 2.06 bits per heavy atom. The maximum atomic E-state index is 6.13. The molecule has 17 heavy (non-hydrogen) atoms. The Morgan fingerprint density at radius 3 is 2.65 bits per heavy atom. The number of hydrogen-bond acceptors (Lipinski definition) is 2. The zero-order valence-corrected chi connectivity index (χ0v) is 14.5. The predicted octanol–water partition coefficient (Wildman–Crippen LogP) is 1.40. The summed E-state index contributed by atoms with van der Waals surface area (Å²) in [7, 11) is 0. The Hall–Kier alpha value is 0.646. The van der Waals surface area contributed by atoms with Gasteiger partial charge in [-0.15, -0.1) is 10.5 Å². The Kier molecular flexibility index (Phi) is 6.73. The van der Waals surface area contributed by atoms with Gasteiger partial charge in [-0.1, -0.05) is 42.9 Å². The summed E-state index contributed by atoms with van der Waals surface area (Å²) in [5, 5.41) is 0.710. The van der Waals surface area contributed by atoms with Crippen molar-refractivity contribution in [2.45, 2.75) is 11.8 Å². The summed E-state index contributed by atoms with van der Waals surface area (Å²) in [5.74, 6) is 0. The molecule has 0 fully saturated rings. The quantitative estimate of drug-likeness (QED) is 0.470. The minimum absolute atomic E-state index is 0. The Labute approximate surface area is 154 Å². The van der Waals surface area contributed by atoms with Crippen molar-refractivity contribution in [3.05, 3.63) is 53.4 Å². The largest absolute Gasteiger partial charge is 1.00 e. The topological polar surface area (TPSA) is 12.9 Å². The zero-order chi connectivity index (χ0) is 11.5. The van der Waals surface area contributed by atoms with Crippen LogP contribution in [0.2, 0.25) is 5.02 Å². The fourth-order valence-corrected chi connectivity index (χ4v) is 2.09. The summed E-state index contributed by atoms with van der Waals surface area (Å²) in [6.07, 6.45) is 6.68. The van der Waals surface area contributed by atoms with E-state index in [-0.39, 0.29) is 51.4 Å². The molecule has 0 atom stereocenters. The van der Waals surface area contributed by atoms with Crippen LogP contribution < -0.4 is 51.4 Å². The second kappa shape index (κ2) is 7.29. The number of pyridine rings is 1. The van der Waals surface area contributed by atoms with E-state index in [0.717, 1.165) is 21.7 Å². The average molecular weight is 287 g/mol. The second-order valence-corrected chi connectivity index (χ2v) is 4.52. The van der Waals surface area contributed by atoms with Crippen LogP contribution in [0.25, 0.3) is 11.3 Å². The predicted molar refractivity (Wildman–Crippen MR) is 69.5 cm³/mol. The van der Waals surface area contributed by atoms with E-state index in [9.17, 15) is 0 Å². The molecule has 0 spiro atoms. The Balaban J connectivity index is 0.00000144. The van der Waals surface area contributed by atoms with Crippen LogP contribution in [-0.4, -0.2) is 4.98 Å². The summed E-state index contributed by atoms with van der Waals surface area (Å²) in [4.78, 5) is 5.25. The number of nitrogens with zero attached hydrogens (tertiary/aromatic N) is 1. The summed E-state index contributed by atoms with van der Waals surface area (Å²) in [6, 6.07) is 9.70. The molecule has 0 N–H and O–H groups in total. The monoisotopic (exact) mass is 286 g/mol. The smallest absolute Gasteiger partial charge is 0.385 e. The first-order valence-corrected chi connectivity index (χ1v) is 6.15. The van der Waals surface area contributed by atoms with Crippen LogP contribution in [0.5, 0.6) is 0 Å². The molecule has 0 saturated carbocycles. The SMILES string of the molecule is [CH2-]Sc1[c-]nc(-c2ccccc2Cl)c(C)c1.[K+]. The van der Waals surface area contributed by atoms with Crippen LogP contribution >= 0.6 is 23.4 Å². The standard InChI is InChI=1S/C13H10ClNS.K/c1-9-7-10(16-2)8-15-13(9)11-5-3-4-6-12(11)14;/h3-7H,2H2,1H3;/q-2;+1. The number of rotatable bonds is 2. The first-order chi connectivity index (χ1) is 7.72. The van der Waals surface area contributed by atoms with Gasteiger partial charge in [-0.05, 0) is 17.3 Å². The van der Waals surface area contributed by atoms with E-state index in [1.807, 2.05) is 37.3 Å². The maximum Gasteiger partial charge on any atom is 1.00 e. The van der Waals surface area contributed by atoms with E-state index >= 15 is 0 Å². The fraction of sp³-hybridized carbons (Fsp3) is 0.0769. The van der Waals surface area contributed by atoms with Gasteiger partial charge in [-0.3, -0.25) is 6.26 Å². The Bertz CT molecular complexity index is 517. The van der Waals surface area contributed by atoms with Gasteiger partial charge in [0.05, 0.1) is 0 Å². The fourth-order valence-electron chi connectivity index (χ4n) is 1.50. The van der Waals surface area contributed by atoms with E-state index < -0.39 is 0 Å². The first-order valence-electron chi connectivity index (χ1n) is 4.78. The molecule has 0 unspecified atom stereocenters. The number of aryl methyl sites for hydroxylation is 1. The van der Waals surface area contributed by atoms with Crippen LogP contribution in [0.1, 0.15) is 5.56 Å². The molecule has 1 heterocycles. The number of thioether (sulfide) groups is 1. The van der Waals surface area contributed by atoms with Crippen molar-refractivity contribution in [2.24, 2.45) is 0 Å². The second-order valence-electron chi connectivity index (χ2n) is 3.39. The molecule has 0 bridgehead atoms. The summed E-state index contributed by atoms with van der Waals surface area (Å²) >= 11 is 7.52. The molecule has 2 rings (SSSR count).